The predicted octanol–water partition coefficient (Wildman–Crippen LogP) is 2.11. The molecule has 0 fully saturated rings. The molecule has 1 aromatic carbocycles. The van der Waals surface area contributed by atoms with Gasteiger partial charge in [-0.1, -0.05) is 12.1 Å². The maximum Gasteiger partial charge on any atom is 0.352 e. The molecular weight excluding hydrogens is 297 g/mol. The average Bonchev–Trinajstić information content (AvgIpc) is 2.80. The first-order valence-electron chi connectivity index (χ1n) is 6.16. The van der Waals surface area contributed by atoms with Crippen LogP contribution in [0.3, 0.4) is 0 Å². The molecular formula is C14H14FNO4S. The van der Waals surface area contributed by atoms with Gasteiger partial charge in [-0.15, -0.1) is 0 Å². The van der Waals surface area contributed by atoms with Gasteiger partial charge in [-0.05, 0) is 30.2 Å². The first kappa shape index (κ1) is 15.2. The number of benzene rings is 1. The van der Waals surface area contributed by atoms with Crippen molar-refractivity contribution < 1.29 is 22.7 Å². The molecule has 5 nitrogen and oxygen atoms in total. The zero-order valence-corrected chi connectivity index (χ0v) is 12.1. The molecule has 112 valence electrons. The monoisotopic (exact) mass is 311 g/mol. The second-order valence-electron chi connectivity index (χ2n) is 4.75. The quantitative estimate of drug-likeness (QED) is 0.885. The Labute approximate surface area is 121 Å². The normalized spacial score (nSPS) is 11.5. The number of carboxylic acids is 1. The van der Waals surface area contributed by atoms with Crippen molar-refractivity contribution >= 4 is 15.8 Å². The second-order valence-corrected chi connectivity index (χ2v) is 7.01. The molecule has 0 atom stereocenters. The number of aromatic amines is 1. The summed E-state index contributed by atoms with van der Waals surface area (Å²) in [7, 11) is -3.21. The lowest BCUT2D eigenvalue weighted by molar-refractivity contribution is 0.0690. The number of hydrogen-bond donors (Lipinski definition) is 2. The third-order valence-corrected chi connectivity index (χ3v) is 3.97. The van der Waals surface area contributed by atoms with Crippen LogP contribution in [0.5, 0.6) is 0 Å². The zero-order chi connectivity index (χ0) is 15.6. The van der Waals surface area contributed by atoms with Crippen molar-refractivity contribution in [3.8, 4) is 11.3 Å². The summed E-state index contributed by atoms with van der Waals surface area (Å²) in [4.78, 5) is 13.8. The van der Waals surface area contributed by atoms with Crippen LogP contribution in [0.25, 0.3) is 11.3 Å². The summed E-state index contributed by atoms with van der Waals surface area (Å²) in [5.74, 6) is -1.85. The highest BCUT2D eigenvalue weighted by Crippen LogP contribution is 2.25. The summed E-state index contributed by atoms with van der Waals surface area (Å²) >= 11 is 0. The number of sulfone groups is 1. The van der Waals surface area contributed by atoms with Gasteiger partial charge < -0.3 is 10.1 Å². The SMILES string of the molecule is CS(=O)(=O)CCc1cc(-c2ccccc2F)[nH]c1C(=O)O. The van der Waals surface area contributed by atoms with Gasteiger partial charge >= 0.3 is 5.97 Å². The van der Waals surface area contributed by atoms with Gasteiger partial charge in [0.15, 0.2) is 0 Å². The second kappa shape index (κ2) is 5.69. The van der Waals surface area contributed by atoms with Gasteiger partial charge in [-0.2, -0.15) is 0 Å². The lowest BCUT2D eigenvalue weighted by atomic mass is 10.1. The summed E-state index contributed by atoms with van der Waals surface area (Å²) in [6.45, 7) is 0. The molecule has 1 aromatic heterocycles. The lowest BCUT2D eigenvalue weighted by Gasteiger charge is -1.98. The van der Waals surface area contributed by atoms with Gasteiger partial charge in [0, 0.05) is 17.5 Å². The van der Waals surface area contributed by atoms with E-state index in [1.54, 1.807) is 6.07 Å². The van der Waals surface area contributed by atoms with Crippen molar-refractivity contribution in [2.24, 2.45) is 0 Å². The molecule has 0 spiro atoms. The van der Waals surface area contributed by atoms with E-state index in [2.05, 4.69) is 4.98 Å². The lowest BCUT2D eigenvalue weighted by Crippen LogP contribution is -2.08. The number of halogens is 1. The molecule has 0 aliphatic heterocycles. The van der Waals surface area contributed by atoms with E-state index in [9.17, 15) is 17.6 Å². The number of carbonyl (C=O) groups is 1. The fraction of sp³-hybridized carbons (Fsp3) is 0.214. The highest BCUT2D eigenvalue weighted by molar-refractivity contribution is 7.90. The van der Waals surface area contributed by atoms with Crippen LogP contribution in [0.2, 0.25) is 0 Å². The van der Waals surface area contributed by atoms with Crippen molar-refractivity contribution in [1.29, 1.82) is 0 Å². The molecule has 2 N–H and O–H groups in total. The van der Waals surface area contributed by atoms with Gasteiger partial charge in [-0.25, -0.2) is 17.6 Å². The van der Waals surface area contributed by atoms with E-state index < -0.39 is 21.6 Å². The van der Waals surface area contributed by atoms with Crippen molar-refractivity contribution in [2.75, 3.05) is 12.0 Å². The van der Waals surface area contributed by atoms with Crippen LogP contribution < -0.4 is 0 Å². The molecule has 0 saturated carbocycles. The minimum Gasteiger partial charge on any atom is -0.477 e. The van der Waals surface area contributed by atoms with E-state index in [1.165, 1.54) is 24.3 Å². The Balaban J connectivity index is 2.42. The molecule has 0 bridgehead atoms. The molecule has 0 radical (unpaired) electrons. The smallest absolute Gasteiger partial charge is 0.352 e. The van der Waals surface area contributed by atoms with Gasteiger partial charge in [0.25, 0.3) is 0 Å². The Bertz CT molecular complexity index is 780. The van der Waals surface area contributed by atoms with E-state index in [-0.39, 0.29) is 23.4 Å². The number of aromatic carboxylic acids is 1. The number of nitrogens with one attached hydrogen (secondary N) is 1. The maximum absolute atomic E-state index is 13.7. The minimum absolute atomic E-state index is 0.0609. The summed E-state index contributed by atoms with van der Waals surface area (Å²) < 4.78 is 36.1. The fourth-order valence-corrected chi connectivity index (χ4v) is 2.60. The zero-order valence-electron chi connectivity index (χ0n) is 11.3. The highest BCUT2D eigenvalue weighted by Gasteiger charge is 2.18. The first-order chi connectivity index (χ1) is 9.78. The number of aromatic nitrogens is 1. The van der Waals surface area contributed by atoms with Gasteiger partial charge in [0.2, 0.25) is 0 Å². The standard InChI is InChI=1S/C14H14FNO4S/c1-21(19,20)7-6-9-8-12(16-13(9)14(17)18)10-4-2-3-5-11(10)15/h2-5,8,16H,6-7H2,1H3,(H,17,18). The Hall–Kier alpha value is -2.15. The Kier molecular flexibility index (Phi) is 4.13. The van der Waals surface area contributed by atoms with Crippen molar-refractivity contribution in [1.82, 2.24) is 4.98 Å². The molecule has 1 heterocycles. The third kappa shape index (κ3) is 3.69. The molecule has 2 aromatic rings. The molecule has 21 heavy (non-hydrogen) atoms. The van der Waals surface area contributed by atoms with Crippen LogP contribution in [0.1, 0.15) is 16.1 Å². The van der Waals surface area contributed by atoms with Crippen molar-refractivity contribution in [2.45, 2.75) is 6.42 Å². The van der Waals surface area contributed by atoms with Crippen LogP contribution >= 0.6 is 0 Å². The van der Waals surface area contributed by atoms with E-state index in [0.717, 1.165) is 6.26 Å². The topological polar surface area (TPSA) is 87.2 Å². The molecule has 0 aliphatic rings. The number of rotatable bonds is 5. The summed E-state index contributed by atoms with van der Waals surface area (Å²) in [5, 5.41) is 9.15. The van der Waals surface area contributed by atoms with Crippen molar-refractivity contribution in [3.63, 3.8) is 0 Å². The van der Waals surface area contributed by atoms with Gasteiger partial charge in [-0.3, -0.25) is 0 Å². The van der Waals surface area contributed by atoms with Crippen LogP contribution in [0.15, 0.2) is 30.3 Å². The highest BCUT2D eigenvalue weighted by atomic mass is 32.2. The fourth-order valence-electron chi connectivity index (χ4n) is 2.01. The average molecular weight is 311 g/mol. The van der Waals surface area contributed by atoms with Crippen LogP contribution in [-0.4, -0.2) is 36.5 Å². The number of H-pyrrole nitrogens is 1. The minimum atomic E-state index is -3.21. The summed E-state index contributed by atoms with van der Waals surface area (Å²) in [5.41, 5.74) is 0.780. The van der Waals surface area contributed by atoms with E-state index >= 15 is 0 Å². The van der Waals surface area contributed by atoms with E-state index in [0.29, 0.717) is 11.3 Å². The Morgan fingerprint density at radius 3 is 2.57 bits per heavy atom. The number of hydrogen-bond acceptors (Lipinski definition) is 3. The molecule has 7 heteroatoms. The van der Waals surface area contributed by atoms with Crippen molar-refractivity contribution in [3.05, 3.63) is 47.4 Å². The largest absolute Gasteiger partial charge is 0.477 e. The van der Waals surface area contributed by atoms with Crippen LogP contribution in [0, 0.1) is 5.82 Å². The maximum atomic E-state index is 13.7. The van der Waals surface area contributed by atoms with E-state index in [4.69, 9.17) is 5.11 Å². The molecule has 0 aliphatic carbocycles. The van der Waals surface area contributed by atoms with Crippen LogP contribution in [0.4, 0.5) is 4.39 Å². The first-order valence-corrected chi connectivity index (χ1v) is 8.22. The summed E-state index contributed by atoms with van der Waals surface area (Å²) in [6, 6.07) is 7.44. The van der Waals surface area contributed by atoms with E-state index in [1.807, 2.05) is 0 Å². The van der Waals surface area contributed by atoms with Crippen LogP contribution in [-0.2, 0) is 16.3 Å². The molecule has 2 rings (SSSR count). The van der Waals surface area contributed by atoms with Gasteiger partial charge in [0.1, 0.15) is 21.3 Å². The van der Waals surface area contributed by atoms with Gasteiger partial charge in [0.05, 0.1) is 5.75 Å². The Morgan fingerprint density at radius 1 is 1.33 bits per heavy atom. The summed E-state index contributed by atoms with van der Waals surface area (Å²) in [6.07, 6.45) is 1.14. The number of aryl methyl sites for hydroxylation is 1. The number of carboxylic acid groups (broad SMARTS) is 1. The third-order valence-electron chi connectivity index (χ3n) is 3.02. The predicted molar refractivity (Wildman–Crippen MR) is 76.6 cm³/mol. The molecule has 0 unspecified atom stereocenters. The molecule has 0 amide bonds. The molecule has 0 saturated heterocycles. The Morgan fingerprint density at radius 2 is 2.00 bits per heavy atom.